The third-order valence-corrected chi connectivity index (χ3v) is 2.50. The van der Waals surface area contributed by atoms with Gasteiger partial charge in [0, 0.05) is 17.7 Å². The highest BCUT2D eigenvalue weighted by molar-refractivity contribution is 5.75. The van der Waals surface area contributed by atoms with E-state index in [2.05, 4.69) is 5.73 Å². The van der Waals surface area contributed by atoms with Crippen LogP contribution < -0.4 is 5.73 Å². The molecule has 1 aliphatic carbocycles. The second-order valence-corrected chi connectivity index (χ2v) is 3.62. The summed E-state index contributed by atoms with van der Waals surface area (Å²) in [4.78, 5) is 0. The number of aliphatic hydroxyl groups is 1. The second kappa shape index (κ2) is 4.37. The first kappa shape index (κ1) is 10.7. The fourth-order valence-electron chi connectivity index (χ4n) is 1.57. The average molecular weight is 215 g/mol. The van der Waals surface area contributed by atoms with Crippen molar-refractivity contribution in [3.63, 3.8) is 0 Å². The summed E-state index contributed by atoms with van der Waals surface area (Å²) in [6, 6.07) is 6.83. The molecule has 0 spiro atoms. The van der Waals surface area contributed by atoms with Gasteiger partial charge in [-0.05, 0) is 23.8 Å². The van der Waals surface area contributed by atoms with Crippen molar-refractivity contribution in [2.45, 2.75) is 6.10 Å². The molecule has 1 aliphatic rings. The van der Waals surface area contributed by atoms with E-state index in [0.717, 1.165) is 11.1 Å². The largest absolute Gasteiger partial charge is 0.508 e. The van der Waals surface area contributed by atoms with E-state index in [1.165, 1.54) is 0 Å². The van der Waals surface area contributed by atoms with Gasteiger partial charge in [-0.2, -0.15) is 0 Å². The Morgan fingerprint density at radius 1 is 1.25 bits per heavy atom. The highest BCUT2D eigenvalue weighted by Crippen LogP contribution is 2.22. The van der Waals surface area contributed by atoms with E-state index < -0.39 is 6.10 Å². The van der Waals surface area contributed by atoms with Gasteiger partial charge in [-0.15, -0.1) is 5.73 Å². The minimum absolute atomic E-state index is 0.229. The predicted octanol–water partition coefficient (Wildman–Crippen LogP) is 1.19. The summed E-state index contributed by atoms with van der Waals surface area (Å²) in [7, 11) is 0. The summed E-state index contributed by atoms with van der Waals surface area (Å²) in [5.41, 5.74) is 11.1. The van der Waals surface area contributed by atoms with Gasteiger partial charge in [-0.25, -0.2) is 0 Å². The Morgan fingerprint density at radius 2 is 1.94 bits per heavy atom. The van der Waals surface area contributed by atoms with Gasteiger partial charge in [0.25, 0.3) is 0 Å². The summed E-state index contributed by atoms with van der Waals surface area (Å²) in [6.45, 7) is 0.285. The van der Waals surface area contributed by atoms with E-state index in [9.17, 15) is 10.2 Å². The Labute approximate surface area is 93.8 Å². The summed E-state index contributed by atoms with van der Waals surface area (Å²) in [5, 5.41) is 18.7. The number of nitrogens with two attached hydrogens (primary N) is 1. The van der Waals surface area contributed by atoms with E-state index in [0.29, 0.717) is 5.57 Å². The number of aromatic hydroxyl groups is 1. The molecule has 0 amide bonds. The van der Waals surface area contributed by atoms with Crippen LogP contribution in [0.4, 0.5) is 0 Å². The van der Waals surface area contributed by atoms with Gasteiger partial charge >= 0.3 is 0 Å². The molecule has 3 nitrogen and oxygen atoms in total. The molecular weight excluding hydrogens is 202 g/mol. The highest BCUT2D eigenvalue weighted by Gasteiger charge is 2.10. The molecule has 0 saturated heterocycles. The van der Waals surface area contributed by atoms with Crippen LogP contribution >= 0.6 is 0 Å². The zero-order valence-electron chi connectivity index (χ0n) is 8.72. The molecule has 0 heterocycles. The molecule has 0 bridgehead atoms. The molecule has 3 heteroatoms. The van der Waals surface area contributed by atoms with Crippen molar-refractivity contribution < 1.29 is 10.2 Å². The zero-order valence-corrected chi connectivity index (χ0v) is 8.72. The quantitative estimate of drug-likeness (QED) is 0.649. The lowest BCUT2D eigenvalue weighted by Gasteiger charge is -2.12. The molecule has 16 heavy (non-hydrogen) atoms. The van der Waals surface area contributed by atoms with Crippen LogP contribution in [-0.4, -0.2) is 22.9 Å². The number of allylic oxidation sites excluding steroid dienone is 1. The van der Waals surface area contributed by atoms with Crippen molar-refractivity contribution in [3.05, 3.63) is 53.3 Å². The molecule has 1 unspecified atom stereocenters. The predicted molar refractivity (Wildman–Crippen MR) is 62.7 cm³/mol. The number of benzene rings is 1. The molecule has 1 aromatic carbocycles. The van der Waals surface area contributed by atoms with Crippen molar-refractivity contribution in [1.29, 1.82) is 0 Å². The Balaban J connectivity index is 2.45. The van der Waals surface area contributed by atoms with Crippen LogP contribution in [0.1, 0.15) is 5.56 Å². The number of aliphatic hydroxyl groups excluding tert-OH is 1. The molecule has 0 saturated carbocycles. The number of hydrogen-bond acceptors (Lipinski definition) is 3. The Bertz CT molecular complexity index is 479. The van der Waals surface area contributed by atoms with Gasteiger partial charge < -0.3 is 15.9 Å². The number of phenolic OH excluding ortho intramolecular Hbond substituents is 1. The van der Waals surface area contributed by atoms with Crippen LogP contribution in [0.15, 0.2) is 47.7 Å². The molecule has 1 aromatic rings. The van der Waals surface area contributed by atoms with E-state index in [4.69, 9.17) is 5.73 Å². The number of hydrogen-bond donors (Lipinski definition) is 3. The standard InChI is InChI=1S/C13H13NO2/c14-8-11-7-10(3-6-13(11)16)9-1-4-12(15)5-2-9/h1-6,13,15-16H,8,14H2. The normalized spacial score (nSPS) is 19.2. The van der Waals surface area contributed by atoms with Crippen molar-refractivity contribution in [2.24, 2.45) is 5.73 Å². The molecule has 4 N–H and O–H groups in total. The second-order valence-electron chi connectivity index (χ2n) is 3.62. The van der Waals surface area contributed by atoms with Crippen molar-refractivity contribution in [2.75, 3.05) is 6.54 Å². The minimum atomic E-state index is -0.633. The van der Waals surface area contributed by atoms with E-state index in [-0.39, 0.29) is 12.3 Å². The first-order valence-corrected chi connectivity index (χ1v) is 5.06. The SMILES string of the molecule is NCC1=C=C(c2ccc(O)cc2)C=CC1O. The monoisotopic (exact) mass is 215 g/mol. The van der Waals surface area contributed by atoms with E-state index in [1.54, 1.807) is 36.4 Å². The fraction of sp³-hybridized carbons (Fsp3) is 0.154. The summed E-state index contributed by atoms with van der Waals surface area (Å²) < 4.78 is 0. The van der Waals surface area contributed by atoms with Gasteiger partial charge in [0.05, 0.1) is 0 Å². The Kier molecular flexibility index (Phi) is 2.93. The fourth-order valence-corrected chi connectivity index (χ4v) is 1.57. The topological polar surface area (TPSA) is 66.5 Å². The maximum atomic E-state index is 9.56. The maximum absolute atomic E-state index is 9.56. The lowest BCUT2D eigenvalue weighted by atomic mass is 9.98. The van der Waals surface area contributed by atoms with Crippen molar-refractivity contribution in [3.8, 4) is 5.75 Å². The van der Waals surface area contributed by atoms with Crippen LogP contribution in [0.25, 0.3) is 5.57 Å². The number of phenols is 1. The van der Waals surface area contributed by atoms with E-state index in [1.807, 2.05) is 0 Å². The van der Waals surface area contributed by atoms with Gasteiger partial charge in [0.15, 0.2) is 0 Å². The molecule has 0 fully saturated rings. The van der Waals surface area contributed by atoms with Crippen LogP contribution in [-0.2, 0) is 0 Å². The first-order chi connectivity index (χ1) is 7.70. The minimum Gasteiger partial charge on any atom is -0.508 e. The first-order valence-electron chi connectivity index (χ1n) is 5.06. The molecule has 1 atom stereocenters. The van der Waals surface area contributed by atoms with Crippen molar-refractivity contribution in [1.82, 2.24) is 0 Å². The molecule has 0 aromatic heterocycles. The lowest BCUT2D eigenvalue weighted by molar-refractivity contribution is 0.257. The van der Waals surface area contributed by atoms with E-state index >= 15 is 0 Å². The van der Waals surface area contributed by atoms with Crippen LogP contribution in [0.3, 0.4) is 0 Å². The average Bonchev–Trinajstić information content (AvgIpc) is 2.31. The number of rotatable bonds is 2. The lowest BCUT2D eigenvalue weighted by Crippen LogP contribution is -2.16. The summed E-state index contributed by atoms with van der Waals surface area (Å²) in [5.74, 6) is 0.229. The maximum Gasteiger partial charge on any atom is 0.115 e. The van der Waals surface area contributed by atoms with Crippen LogP contribution in [0.2, 0.25) is 0 Å². The smallest absolute Gasteiger partial charge is 0.115 e. The Hall–Kier alpha value is -1.80. The molecule has 0 aliphatic heterocycles. The van der Waals surface area contributed by atoms with Gasteiger partial charge in [0.1, 0.15) is 11.9 Å². The van der Waals surface area contributed by atoms with Gasteiger partial charge in [-0.3, -0.25) is 0 Å². The van der Waals surface area contributed by atoms with Gasteiger partial charge in [0.2, 0.25) is 0 Å². The third kappa shape index (κ3) is 2.07. The third-order valence-electron chi connectivity index (χ3n) is 2.50. The van der Waals surface area contributed by atoms with Crippen molar-refractivity contribution >= 4 is 5.57 Å². The van der Waals surface area contributed by atoms with Crippen LogP contribution in [0, 0.1) is 0 Å². The molecule has 82 valence electrons. The molecule has 0 radical (unpaired) electrons. The summed E-state index contributed by atoms with van der Waals surface area (Å²) >= 11 is 0. The molecular formula is C13H13NO2. The zero-order chi connectivity index (χ0) is 11.5. The molecule has 2 rings (SSSR count). The van der Waals surface area contributed by atoms with Crippen LogP contribution in [0.5, 0.6) is 5.75 Å². The summed E-state index contributed by atoms with van der Waals surface area (Å²) in [6.07, 6.45) is 2.85. The van der Waals surface area contributed by atoms with Gasteiger partial charge in [-0.1, -0.05) is 18.2 Å². The highest BCUT2D eigenvalue weighted by atomic mass is 16.3. The Morgan fingerprint density at radius 3 is 2.56 bits per heavy atom.